The van der Waals surface area contributed by atoms with Crippen LogP contribution < -0.4 is 19.5 Å². The minimum absolute atomic E-state index is 0.236. The van der Waals surface area contributed by atoms with Crippen LogP contribution in [0.1, 0.15) is 15.9 Å². The summed E-state index contributed by atoms with van der Waals surface area (Å²) in [5.74, 6) is 1.02. The number of hydrogen-bond acceptors (Lipinski definition) is 4. The zero-order valence-electron chi connectivity index (χ0n) is 14.2. The van der Waals surface area contributed by atoms with Crippen LogP contribution in [0.3, 0.4) is 0 Å². The van der Waals surface area contributed by atoms with E-state index in [1.165, 1.54) is 21.3 Å². The molecule has 0 saturated heterocycles. The van der Waals surface area contributed by atoms with Crippen LogP contribution >= 0.6 is 27.5 Å². The van der Waals surface area contributed by atoms with Gasteiger partial charge in [0.05, 0.1) is 31.4 Å². The zero-order chi connectivity index (χ0) is 18.4. The van der Waals surface area contributed by atoms with E-state index in [1.54, 1.807) is 6.07 Å². The Morgan fingerprint density at radius 3 is 2.28 bits per heavy atom. The molecule has 0 unspecified atom stereocenters. The predicted molar refractivity (Wildman–Crippen MR) is 101 cm³/mol. The molecule has 1 amide bonds. The van der Waals surface area contributed by atoms with Crippen molar-refractivity contribution in [2.24, 2.45) is 0 Å². The van der Waals surface area contributed by atoms with Gasteiger partial charge in [0.15, 0.2) is 11.5 Å². The average molecular weight is 429 g/mol. The van der Waals surface area contributed by atoms with Gasteiger partial charge in [-0.3, -0.25) is 4.79 Å². The fourth-order valence-electron chi connectivity index (χ4n) is 2.35. The van der Waals surface area contributed by atoms with Crippen LogP contribution in [0.25, 0.3) is 0 Å². The first kappa shape index (κ1) is 19.4. The summed E-state index contributed by atoms with van der Waals surface area (Å²) in [5.41, 5.74) is 1.50. The summed E-state index contributed by atoms with van der Waals surface area (Å²) in [5, 5.41) is 3.58. The summed E-state index contributed by atoms with van der Waals surface area (Å²) >= 11 is 9.27. The fraction of sp³-hybridized carbons (Fsp3) is 0.278. The highest BCUT2D eigenvalue weighted by atomic mass is 79.9. The Kier molecular flexibility index (Phi) is 6.96. The molecule has 134 valence electrons. The molecule has 7 heteroatoms. The molecule has 0 bridgehead atoms. The molecular formula is C18H19BrClNO4. The number of carbonyl (C=O) groups excluding carboxylic acids is 1. The molecule has 0 aliphatic heterocycles. The van der Waals surface area contributed by atoms with Gasteiger partial charge in [0, 0.05) is 11.6 Å². The molecule has 0 aromatic heterocycles. The lowest BCUT2D eigenvalue weighted by Gasteiger charge is -2.16. The third-order valence-electron chi connectivity index (χ3n) is 3.63. The van der Waals surface area contributed by atoms with Gasteiger partial charge in [0.2, 0.25) is 5.75 Å². The van der Waals surface area contributed by atoms with Gasteiger partial charge in [-0.25, -0.2) is 0 Å². The summed E-state index contributed by atoms with van der Waals surface area (Å²) < 4.78 is 16.4. The van der Waals surface area contributed by atoms with E-state index in [0.717, 1.165) is 5.56 Å². The summed E-state index contributed by atoms with van der Waals surface area (Å²) in [6.45, 7) is 0.490. The van der Waals surface area contributed by atoms with Crippen molar-refractivity contribution in [3.8, 4) is 17.2 Å². The molecule has 0 heterocycles. The van der Waals surface area contributed by atoms with Crippen molar-refractivity contribution in [1.82, 2.24) is 5.32 Å². The number of benzene rings is 2. The minimum atomic E-state index is -0.236. The molecule has 2 rings (SSSR count). The number of halogens is 2. The van der Waals surface area contributed by atoms with Crippen molar-refractivity contribution in [1.29, 1.82) is 0 Å². The largest absolute Gasteiger partial charge is 0.493 e. The van der Waals surface area contributed by atoms with E-state index in [9.17, 15) is 4.79 Å². The van der Waals surface area contributed by atoms with Crippen LogP contribution in [-0.2, 0) is 6.42 Å². The molecule has 5 nitrogen and oxygen atoms in total. The number of rotatable bonds is 7. The SMILES string of the molecule is COc1cc(C(=O)NCCc2ccc(Cl)cc2)c(Br)c(OC)c1OC. The highest BCUT2D eigenvalue weighted by Crippen LogP contribution is 2.44. The highest BCUT2D eigenvalue weighted by Gasteiger charge is 2.22. The average Bonchev–Trinajstić information content (AvgIpc) is 2.62. The van der Waals surface area contributed by atoms with Gasteiger partial charge in [-0.05, 0) is 46.1 Å². The van der Waals surface area contributed by atoms with Crippen LogP contribution in [0.5, 0.6) is 17.2 Å². The van der Waals surface area contributed by atoms with E-state index in [4.69, 9.17) is 25.8 Å². The third-order valence-corrected chi connectivity index (χ3v) is 4.67. The number of hydrogen-bond donors (Lipinski definition) is 1. The lowest BCUT2D eigenvalue weighted by Crippen LogP contribution is -2.26. The van der Waals surface area contributed by atoms with Crippen molar-refractivity contribution < 1.29 is 19.0 Å². The Labute approximate surface area is 160 Å². The Balaban J connectivity index is 2.14. The second-order valence-electron chi connectivity index (χ2n) is 5.14. The first-order valence-corrected chi connectivity index (χ1v) is 8.70. The second kappa shape index (κ2) is 8.97. The van der Waals surface area contributed by atoms with E-state index in [0.29, 0.717) is 45.3 Å². The molecule has 0 radical (unpaired) electrons. The first-order valence-electron chi connectivity index (χ1n) is 7.53. The summed E-state index contributed by atoms with van der Waals surface area (Å²) in [6.07, 6.45) is 0.699. The molecule has 25 heavy (non-hydrogen) atoms. The van der Waals surface area contributed by atoms with Crippen LogP contribution in [0, 0.1) is 0 Å². The van der Waals surface area contributed by atoms with E-state index >= 15 is 0 Å². The van der Waals surface area contributed by atoms with E-state index < -0.39 is 0 Å². The Hall–Kier alpha value is -1.92. The smallest absolute Gasteiger partial charge is 0.252 e. The number of amides is 1. The van der Waals surface area contributed by atoms with Gasteiger partial charge in [-0.15, -0.1) is 0 Å². The number of methoxy groups -OCH3 is 3. The Morgan fingerprint density at radius 2 is 1.72 bits per heavy atom. The maximum Gasteiger partial charge on any atom is 0.252 e. The van der Waals surface area contributed by atoms with E-state index in [1.807, 2.05) is 24.3 Å². The summed E-state index contributed by atoms with van der Waals surface area (Å²) in [6, 6.07) is 9.14. The summed E-state index contributed by atoms with van der Waals surface area (Å²) in [7, 11) is 4.52. The van der Waals surface area contributed by atoms with Crippen molar-refractivity contribution in [3.63, 3.8) is 0 Å². The molecule has 2 aromatic carbocycles. The molecule has 0 spiro atoms. The highest BCUT2D eigenvalue weighted by molar-refractivity contribution is 9.10. The molecule has 1 N–H and O–H groups in total. The normalized spacial score (nSPS) is 10.3. The number of carbonyl (C=O) groups is 1. The molecule has 2 aromatic rings. The van der Waals surface area contributed by atoms with Gasteiger partial charge in [0.25, 0.3) is 5.91 Å². The zero-order valence-corrected chi connectivity index (χ0v) is 16.5. The van der Waals surface area contributed by atoms with E-state index in [-0.39, 0.29) is 5.91 Å². The minimum Gasteiger partial charge on any atom is -0.493 e. The molecule has 0 aliphatic carbocycles. The Morgan fingerprint density at radius 1 is 1.08 bits per heavy atom. The number of ether oxygens (including phenoxy) is 3. The second-order valence-corrected chi connectivity index (χ2v) is 6.37. The van der Waals surface area contributed by atoms with Crippen LogP contribution in [0.4, 0.5) is 0 Å². The maximum absolute atomic E-state index is 12.5. The van der Waals surface area contributed by atoms with Gasteiger partial charge in [0.1, 0.15) is 0 Å². The quantitative estimate of drug-likeness (QED) is 0.721. The Bertz CT molecular complexity index is 750. The topological polar surface area (TPSA) is 56.8 Å². The van der Waals surface area contributed by atoms with Gasteiger partial charge in [-0.1, -0.05) is 23.7 Å². The fourth-order valence-corrected chi connectivity index (χ4v) is 3.12. The monoisotopic (exact) mass is 427 g/mol. The van der Waals surface area contributed by atoms with Crippen LogP contribution in [0.15, 0.2) is 34.8 Å². The standard InChI is InChI=1S/C18H19BrClNO4/c1-23-14-10-13(15(19)17(25-3)16(14)24-2)18(22)21-9-8-11-4-6-12(20)7-5-11/h4-7,10H,8-9H2,1-3H3,(H,21,22). The van der Waals surface area contributed by atoms with Gasteiger partial charge < -0.3 is 19.5 Å². The lowest BCUT2D eigenvalue weighted by atomic mass is 10.1. The molecule has 0 atom stereocenters. The lowest BCUT2D eigenvalue weighted by molar-refractivity contribution is 0.0952. The van der Waals surface area contributed by atoms with Gasteiger partial charge in [-0.2, -0.15) is 0 Å². The predicted octanol–water partition coefficient (Wildman–Crippen LogP) is 4.10. The number of nitrogens with one attached hydrogen (secondary N) is 1. The van der Waals surface area contributed by atoms with Crippen molar-refractivity contribution >= 4 is 33.4 Å². The van der Waals surface area contributed by atoms with Gasteiger partial charge >= 0.3 is 0 Å². The van der Waals surface area contributed by atoms with Crippen LogP contribution in [-0.4, -0.2) is 33.8 Å². The molecule has 0 fully saturated rings. The summed E-state index contributed by atoms with van der Waals surface area (Å²) in [4.78, 5) is 12.5. The van der Waals surface area contributed by atoms with Crippen molar-refractivity contribution in [2.45, 2.75) is 6.42 Å². The van der Waals surface area contributed by atoms with E-state index in [2.05, 4.69) is 21.2 Å². The maximum atomic E-state index is 12.5. The molecular weight excluding hydrogens is 410 g/mol. The third kappa shape index (κ3) is 4.58. The first-order chi connectivity index (χ1) is 12.0. The van der Waals surface area contributed by atoms with Crippen molar-refractivity contribution in [2.75, 3.05) is 27.9 Å². The molecule has 0 aliphatic rings. The van der Waals surface area contributed by atoms with Crippen molar-refractivity contribution in [3.05, 3.63) is 51.0 Å². The van der Waals surface area contributed by atoms with Crippen LogP contribution in [0.2, 0.25) is 5.02 Å². The molecule has 0 saturated carbocycles.